The van der Waals surface area contributed by atoms with Crippen molar-refractivity contribution in [3.05, 3.63) is 71.1 Å². The van der Waals surface area contributed by atoms with Gasteiger partial charge < -0.3 is 23.7 Å². The van der Waals surface area contributed by atoms with E-state index in [4.69, 9.17) is 14.2 Å². The number of benzene rings is 2. The Morgan fingerprint density at radius 2 is 1.74 bits per heavy atom. The molecule has 35 heavy (non-hydrogen) atoms. The van der Waals surface area contributed by atoms with E-state index in [9.17, 15) is 4.79 Å². The Kier molecular flexibility index (Phi) is 6.63. The van der Waals surface area contributed by atoms with Crippen molar-refractivity contribution in [3.8, 4) is 17.2 Å². The van der Waals surface area contributed by atoms with Crippen LogP contribution in [0.25, 0.3) is 10.1 Å². The molecule has 0 N–H and O–H groups in total. The number of fused-ring (bicyclic) bond motifs is 1. The third kappa shape index (κ3) is 4.58. The van der Waals surface area contributed by atoms with Crippen molar-refractivity contribution in [2.75, 3.05) is 34.4 Å². The largest absolute Gasteiger partial charge is 0.493 e. The number of aromatic nitrogens is 2. The maximum Gasteiger partial charge on any atom is 0.263 e. The summed E-state index contributed by atoms with van der Waals surface area (Å²) in [5.41, 5.74) is 1.04. The number of likely N-dealkylation sites (tertiary alicyclic amines) is 1. The van der Waals surface area contributed by atoms with Gasteiger partial charge in [-0.1, -0.05) is 18.2 Å². The highest BCUT2D eigenvalue weighted by molar-refractivity contribution is 7.20. The van der Waals surface area contributed by atoms with Crippen molar-refractivity contribution in [2.45, 2.75) is 25.3 Å². The Hall–Kier alpha value is -3.52. The third-order valence-corrected chi connectivity index (χ3v) is 7.71. The lowest BCUT2D eigenvalue weighted by atomic mass is 9.95. The average Bonchev–Trinajstić information content (AvgIpc) is 3.54. The van der Waals surface area contributed by atoms with Gasteiger partial charge in [-0.3, -0.25) is 4.79 Å². The van der Waals surface area contributed by atoms with Crippen molar-refractivity contribution < 1.29 is 19.0 Å². The summed E-state index contributed by atoms with van der Waals surface area (Å²) >= 11 is 1.57. The van der Waals surface area contributed by atoms with Gasteiger partial charge in [0.05, 0.1) is 26.2 Å². The zero-order chi connectivity index (χ0) is 24.4. The summed E-state index contributed by atoms with van der Waals surface area (Å²) in [6.07, 6.45) is 5.64. The maximum absolute atomic E-state index is 13.1. The summed E-state index contributed by atoms with van der Waals surface area (Å²) in [5, 5.41) is 1.13. The van der Waals surface area contributed by atoms with Crippen molar-refractivity contribution in [1.29, 1.82) is 0 Å². The third-order valence-electron chi connectivity index (χ3n) is 6.61. The van der Waals surface area contributed by atoms with Crippen molar-refractivity contribution in [3.63, 3.8) is 0 Å². The molecule has 1 aliphatic rings. The Labute approximate surface area is 208 Å². The maximum atomic E-state index is 13.1. The number of hydrogen-bond acceptors (Lipinski definition) is 6. The summed E-state index contributed by atoms with van der Waals surface area (Å²) < 4.78 is 19.8. The summed E-state index contributed by atoms with van der Waals surface area (Å²) in [4.78, 5) is 20.6. The van der Waals surface area contributed by atoms with Crippen LogP contribution in [0.15, 0.2) is 54.9 Å². The number of amides is 1. The Bertz CT molecular complexity index is 1280. The predicted molar refractivity (Wildman–Crippen MR) is 137 cm³/mol. The average molecular weight is 492 g/mol. The van der Waals surface area contributed by atoms with Crippen LogP contribution in [0.1, 0.15) is 39.8 Å². The van der Waals surface area contributed by atoms with Gasteiger partial charge in [-0.25, -0.2) is 4.98 Å². The molecule has 0 unspecified atom stereocenters. The number of rotatable bonds is 7. The highest BCUT2D eigenvalue weighted by Crippen LogP contribution is 2.39. The van der Waals surface area contributed by atoms with Crippen LogP contribution < -0.4 is 14.2 Å². The molecule has 0 atom stereocenters. The Morgan fingerprint density at radius 3 is 2.40 bits per heavy atom. The second kappa shape index (κ2) is 10.00. The molecule has 1 aliphatic heterocycles. The molecule has 0 bridgehead atoms. The number of carbonyl (C=O) groups is 1. The monoisotopic (exact) mass is 491 g/mol. The fraction of sp³-hybridized carbons (Fsp3) is 0.333. The minimum absolute atomic E-state index is 0.130. The van der Waals surface area contributed by atoms with E-state index in [0.29, 0.717) is 29.7 Å². The fourth-order valence-electron chi connectivity index (χ4n) is 4.82. The molecule has 0 spiro atoms. The van der Waals surface area contributed by atoms with E-state index in [1.165, 1.54) is 0 Å². The lowest BCUT2D eigenvalue weighted by molar-refractivity contribution is 0.0715. The van der Waals surface area contributed by atoms with Crippen LogP contribution in [-0.4, -0.2) is 54.8 Å². The molecule has 2 aromatic carbocycles. The minimum atomic E-state index is 0.130. The number of thiophene rings is 1. The Balaban J connectivity index is 1.28. The van der Waals surface area contributed by atoms with Crippen LogP contribution in [0.3, 0.4) is 0 Å². The molecule has 0 saturated carbocycles. The SMILES string of the molecule is COc1cc(Cn2ccnc2C2CCN(C(=O)c3cc4ccccc4s3)CC2)cc(OC)c1OC. The molecule has 4 aromatic rings. The van der Waals surface area contributed by atoms with Gasteiger partial charge in [0.15, 0.2) is 11.5 Å². The first-order valence-electron chi connectivity index (χ1n) is 11.7. The Morgan fingerprint density at radius 1 is 1.03 bits per heavy atom. The topological polar surface area (TPSA) is 65.8 Å². The summed E-state index contributed by atoms with van der Waals surface area (Å²) in [7, 11) is 4.85. The summed E-state index contributed by atoms with van der Waals surface area (Å²) in [6.45, 7) is 2.11. The molecular formula is C27H29N3O4S. The fourth-order valence-corrected chi connectivity index (χ4v) is 5.85. The van der Waals surface area contributed by atoms with Crippen LogP contribution >= 0.6 is 11.3 Å². The minimum Gasteiger partial charge on any atom is -0.493 e. The van der Waals surface area contributed by atoms with E-state index in [0.717, 1.165) is 52.3 Å². The van der Waals surface area contributed by atoms with Crippen molar-refractivity contribution >= 4 is 27.3 Å². The molecule has 3 heterocycles. The van der Waals surface area contributed by atoms with Gasteiger partial charge in [-0.15, -0.1) is 11.3 Å². The second-order valence-corrected chi connectivity index (χ2v) is 9.75. The lowest BCUT2D eigenvalue weighted by Gasteiger charge is -2.31. The van der Waals surface area contributed by atoms with Crippen molar-refractivity contribution in [1.82, 2.24) is 14.5 Å². The molecule has 1 amide bonds. The van der Waals surface area contributed by atoms with Gasteiger partial charge in [0.1, 0.15) is 5.82 Å². The normalized spacial score (nSPS) is 14.3. The first kappa shape index (κ1) is 23.2. The standard InChI is InChI=1S/C27H29N3O4S/c1-32-21-14-18(15-22(33-2)25(21)34-3)17-30-13-10-28-26(30)19-8-11-29(12-9-19)27(31)24-16-20-6-4-5-7-23(20)35-24/h4-7,10,13-16,19H,8-9,11-12,17H2,1-3H3. The lowest BCUT2D eigenvalue weighted by Crippen LogP contribution is -2.38. The molecule has 2 aromatic heterocycles. The quantitative estimate of drug-likeness (QED) is 0.356. The molecule has 7 nitrogen and oxygen atoms in total. The summed E-state index contributed by atoms with van der Waals surface area (Å²) in [5.74, 6) is 3.34. The first-order chi connectivity index (χ1) is 17.1. The molecule has 8 heteroatoms. The number of ether oxygens (including phenoxy) is 3. The van der Waals surface area contributed by atoms with Crippen LogP contribution in [0, 0.1) is 0 Å². The van der Waals surface area contributed by atoms with Gasteiger partial charge >= 0.3 is 0 Å². The first-order valence-corrected chi connectivity index (χ1v) is 12.5. The van der Waals surface area contributed by atoms with E-state index in [2.05, 4.69) is 21.7 Å². The molecule has 0 aliphatic carbocycles. The number of hydrogen-bond donors (Lipinski definition) is 0. The van der Waals surface area contributed by atoms with E-state index >= 15 is 0 Å². The number of nitrogens with zero attached hydrogens (tertiary/aromatic N) is 3. The van der Waals surface area contributed by atoms with Gasteiger partial charge in [0.25, 0.3) is 5.91 Å². The highest BCUT2D eigenvalue weighted by atomic mass is 32.1. The second-order valence-electron chi connectivity index (χ2n) is 8.66. The molecular weight excluding hydrogens is 462 g/mol. The van der Waals surface area contributed by atoms with E-state index in [1.807, 2.05) is 47.6 Å². The zero-order valence-corrected chi connectivity index (χ0v) is 21.0. The number of imidazole rings is 1. The van der Waals surface area contributed by atoms with Gasteiger partial charge in [-0.05, 0) is 48.1 Å². The highest BCUT2D eigenvalue weighted by Gasteiger charge is 2.28. The number of methoxy groups -OCH3 is 3. The smallest absolute Gasteiger partial charge is 0.263 e. The van der Waals surface area contributed by atoms with Crippen LogP contribution in [0.2, 0.25) is 0 Å². The van der Waals surface area contributed by atoms with Crippen molar-refractivity contribution in [2.24, 2.45) is 0 Å². The van der Waals surface area contributed by atoms with E-state index < -0.39 is 0 Å². The molecule has 0 radical (unpaired) electrons. The zero-order valence-electron chi connectivity index (χ0n) is 20.2. The molecule has 1 saturated heterocycles. The van der Waals surface area contributed by atoms with Crippen LogP contribution in [-0.2, 0) is 6.54 Å². The van der Waals surface area contributed by atoms with Crippen LogP contribution in [0.5, 0.6) is 17.2 Å². The molecule has 182 valence electrons. The van der Waals surface area contributed by atoms with Gasteiger partial charge in [0, 0.05) is 42.6 Å². The van der Waals surface area contributed by atoms with Gasteiger partial charge in [0.2, 0.25) is 5.75 Å². The van der Waals surface area contributed by atoms with Crippen LogP contribution in [0.4, 0.5) is 0 Å². The number of piperidine rings is 1. The van der Waals surface area contributed by atoms with Gasteiger partial charge in [-0.2, -0.15) is 0 Å². The molecule has 1 fully saturated rings. The number of carbonyl (C=O) groups excluding carboxylic acids is 1. The summed E-state index contributed by atoms with van der Waals surface area (Å²) in [6, 6.07) is 14.1. The van der Waals surface area contributed by atoms with E-state index in [1.54, 1.807) is 32.7 Å². The van der Waals surface area contributed by atoms with E-state index in [-0.39, 0.29) is 5.91 Å². The molecule has 5 rings (SSSR count). The predicted octanol–water partition coefficient (Wildman–Crippen LogP) is 5.19.